The molecular formula is C16H14N4O5S. The summed E-state index contributed by atoms with van der Waals surface area (Å²) >= 11 is 1.28. The molecule has 0 N–H and O–H groups in total. The van der Waals surface area contributed by atoms with Crippen molar-refractivity contribution in [3.05, 3.63) is 34.9 Å². The molecule has 0 saturated heterocycles. The molecule has 0 bridgehead atoms. The van der Waals surface area contributed by atoms with Gasteiger partial charge in [0.1, 0.15) is 12.2 Å². The summed E-state index contributed by atoms with van der Waals surface area (Å²) in [7, 11) is 2.97. The lowest BCUT2D eigenvalue weighted by Crippen LogP contribution is -2.22. The van der Waals surface area contributed by atoms with E-state index in [1.54, 1.807) is 23.7 Å². The van der Waals surface area contributed by atoms with Crippen molar-refractivity contribution in [1.29, 1.82) is 0 Å². The summed E-state index contributed by atoms with van der Waals surface area (Å²) in [6.07, 6.45) is 1.52. The van der Waals surface area contributed by atoms with E-state index in [1.165, 1.54) is 29.3 Å². The summed E-state index contributed by atoms with van der Waals surface area (Å²) in [4.78, 5) is 28.9. The SMILES string of the molecule is COC(=O)Cn1c(=NC(=O)c2ccnn2C)sc2cc3c(cc21)OCO3. The molecule has 0 atom stereocenters. The second kappa shape index (κ2) is 6.30. The van der Waals surface area contributed by atoms with Gasteiger partial charge in [0.2, 0.25) is 6.79 Å². The quantitative estimate of drug-likeness (QED) is 0.637. The summed E-state index contributed by atoms with van der Waals surface area (Å²) in [6, 6.07) is 5.16. The molecule has 3 heterocycles. The van der Waals surface area contributed by atoms with Gasteiger partial charge in [0.05, 0.1) is 17.3 Å². The number of rotatable bonds is 3. The van der Waals surface area contributed by atoms with Crippen molar-refractivity contribution < 1.29 is 23.8 Å². The van der Waals surface area contributed by atoms with Crippen LogP contribution >= 0.6 is 11.3 Å². The molecule has 26 heavy (non-hydrogen) atoms. The first kappa shape index (κ1) is 16.3. The predicted octanol–water partition coefficient (Wildman–Crippen LogP) is 1.08. The standard InChI is InChI=1S/C16H14N4O5S/c1-19-9(3-4-17-19)15(22)18-16-20(7-14(21)23-2)10-5-11-12(25-8-24-11)6-13(10)26-16/h3-6H,7-8H2,1-2H3. The maximum atomic E-state index is 12.5. The van der Waals surface area contributed by atoms with Crippen molar-refractivity contribution in [3.8, 4) is 11.5 Å². The van der Waals surface area contributed by atoms with E-state index in [1.807, 2.05) is 6.07 Å². The first-order chi connectivity index (χ1) is 12.6. The summed E-state index contributed by atoms with van der Waals surface area (Å²) in [5.41, 5.74) is 1.06. The van der Waals surface area contributed by atoms with Gasteiger partial charge < -0.3 is 18.8 Å². The number of carbonyl (C=O) groups excluding carboxylic acids is 2. The minimum Gasteiger partial charge on any atom is -0.468 e. The maximum Gasteiger partial charge on any atom is 0.325 e. The molecule has 1 aliphatic heterocycles. The molecule has 3 aromatic rings. The Labute approximate surface area is 151 Å². The van der Waals surface area contributed by atoms with Crippen LogP contribution in [0.4, 0.5) is 0 Å². The Kier molecular flexibility index (Phi) is 3.96. The molecule has 4 rings (SSSR count). The van der Waals surface area contributed by atoms with Crippen molar-refractivity contribution in [2.45, 2.75) is 6.54 Å². The first-order valence-corrected chi connectivity index (χ1v) is 8.45. The minimum atomic E-state index is -0.449. The molecule has 0 saturated carbocycles. The fourth-order valence-electron chi connectivity index (χ4n) is 2.62. The van der Waals surface area contributed by atoms with Crippen LogP contribution in [0.1, 0.15) is 10.5 Å². The lowest BCUT2D eigenvalue weighted by molar-refractivity contribution is -0.141. The van der Waals surface area contributed by atoms with E-state index in [0.29, 0.717) is 27.5 Å². The summed E-state index contributed by atoms with van der Waals surface area (Å²) in [5.74, 6) is 0.305. The topological polar surface area (TPSA) is 96.9 Å². The molecule has 0 radical (unpaired) electrons. The number of methoxy groups -OCH3 is 1. The van der Waals surface area contributed by atoms with Crippen molar-refractivity contribution in [3.63, 3.8) is 0 Å². The molecule has 134 valence electrons. The molecule has 0 spiro atoms. The van der Waals surface area contributed by atoms with Gasteiger partial charge in [-0.15, -0.1) is 0 Å². The maximum absolute atomic E-state index is 12.5. The molecule has 9 nitrogen and oxygen atoms in total. The van der Waals surface area contributed by atoms with Crippen molar-refractivity contribution in [2.75, 3.05) is 13.9 Å². The molecule has 1 aromatic carbocycles. The number of esters is 1. The monoisotopic (exact) mass is 374 g/mol. The Hall–Kier alpha value is -3.14. The normalized spacial score (nSPS) is 13.4. The van der Waals surface area contributed by atoms with E-state index in [0.717, 1.165) is 4.70 Å². The molecule has 1 amide bonds. The summed E-state index contributed by atoms with van der Waals surface area (Å²) < 4.78 is 19.4. The number of aryl methyl sites for hydroxylation is 1. The number of hydrogen-bond acceptors (Lipinski definition) is 7. The van der Waals surface area contributed by atoms with Gasteiger partial charge in [0.15, 0.2) is 16.3 Å². The van der Waals surface area contributed by atoms with Gasteiger partial charge in [0, 0.05) is 25.4 Å². The second-order valence-corrected chi connectivity index (χ2v) is 6.49. The Bertz CT molecular complexity index is 1090. The van der Waals surface area contributed by atoms with E-state index < -0.39 is 11.9 Å². The van der Waals surface area contributed by atoms with Gasteiger partial charge in [-0.25, -0.2) is 0 Å². The smallest absolute Gasteiger partial charge is 0.325 e. The van der Waals surface area contributed by atoms with E-state index >= 15 is 0 Å². The third kappa shape index (κ3) is 2.73. The van der Waals surface area contributed by atoms with Crippen molar-refractivity contribution >= 4 is 33.4 Å². The summed E-state index contributed by atoms with van der Waals surface area (Å²) in [6.45, 7) is 0.0768. The highest BCUT2D eigenvalue weighted by molar-refractivity contribution is 7.16. The van der Waals surface area contributed by atoms with Crippen LogP contribution in [0.5, 0.6) is 11.5 Å². The van der Waals surface area contributed by atoms with Gasteiger partial charge in [0.25, 0.3) is 5.91 Å². The number of fused-ring (bicyclic) bond motifs is 2. The molecule has 2 aromatic heterocycles. The van der Waals surface area contributed by atoms with Crippen LogP contribution < -0.4 is 14.3 Å². The Morgan fingerprint density at radius 3 is 2.81 bits per heavy atom. The molecule has 0 unspecified atom stereocenters. The summed E-state index contributed by atoms with van der Waals surface area (Å²) in [5, 5.41) is 3.97. The van der Waals surface area contributed by atoms with Crippen LogP contribution in [-0.2, 0) is 23.1 Å². The molecular weight excluding hydrogens is 360 g/mol. The number of carbonyl (C=O) groups is 2. The van der Waals surface area contributed by atoms with Crippen molar-refractivity contribution in [2.24, 2.45) is 12.0 Å². The zero-order chi connectivity index (χ0) is 18.3. The number of aromatic nitrogens is 3. The average Bonchev–Trinajstić information content (AvgIpc) is 3.32. The number of thiazole rings is 1. The van der Waals surface area contributed by atoms with Crippen LogP contribution in [0.25, 0.3) is 10.2 Å². The highest BCUT2D eigenvalue weighted by Gasteiger charge is 2.19. The zero-order valence-electron chi connectivity index (χ0n) is 14.0. The number of ether oxygens (including phenoxy) is 3. The second-order valence-electron chi connectivity index (χ2n) is 5.48. The lowest BCUT2D eigenvalue weighted by atomic mass is 10.3. The highest BCUT2D eigenvalue weighted by atomic mass is 32.1. The van der Waals surface area contributed by atoms with Crippen LogP contribution in [-0.4, -0.2) is 40.1 Å². The first-order valence-electron chi connectivity index (χ1n) is 7.63. The van der Waals surface area contributed by atoms with Gasteiger partial charge >= 0.3 is 5.97 Å². The van der Waals surface area contributed by atoms with Crippen LogP contribution in [0, 0.1) is 0 Å². The van der Waals surface area contributed by atoms with Crippen LogP contribution in [0.15, 0.2) is 29.4 Å². The molecule has 0 aliphatic carbocycles. The molecule has 1 aliphatic rings. The van der Waals surface area contributed by atoms with Gasteiger partial charge in [-0.1, -0.05) is 11.3 Å². The van der Waals surface area contributed by atoms with Gasteiger partial charge in [-0.3, -0.25) is 14.3 Å². The Balaban J connectivity index is 1.88. The Morgan fingerprint density at radius 1 is 1.35 bits per heavy atom. The largest absolute Gasteiger partial charge is 0.468 e. The van der Waals surface area contributed by atoms with E-state index in [-0.39, 0.29) is 13.3 Å². The third-order valence-corrected chi connectivity index (χ3v) is 4.97. The lowest BCUT2D eigenvalue weighted by Gasteiger charge is -2.04. The Morgan fingerprint density at radius 2 is 2.12 bits per heavy atom. The van der Waals surface area contributed by atoms with E-state index in [9.17, 15) is 9.59 Å². The minimum absolute atomic E-state index is 0.0757. The van der Waals surface area contributed by atoms with Crippen molar-refractivity contribution in [1.82, 2.24) is 14.3 Å². The fraction of sp³-hybridized carbons (Fsp3) is 0.250. The fourth-order valence-corrected chi connectivity index (χ4v) is 3.66. The molecule has 10 heteroatoms. The van der Waals surface area contributed by atoms with Crippen LogP contribution in [0.2, 0.25) is 0 Å². The zero-order valence-corrected chi connectivity index (χ0v) is 14.8. The third-order valence-electron chi connectivity index (χ3n) is 3.93. The van der Waals surface area contributed by atoms with E-state index in [4.69, 9.17) is 14.2 Å². The highest BCUT2D eigenvalue weighted by Crippen LogP contribution is 2.37. The number of benzene rings is 1. The predicted molar refractivity (Wildman–Crippen MR) is 91.1 cm³/mol. The molecule has 0 fully saturated rings. The number of amides is 1. The number of hydrogen-bond donors (Lipinski definition) is 0. The van der Waals surface area contributed by atoms with Gasteiger partial charge in [-0.2, -0.15) is 10.1 Å². The number of nitrogens with zero attached hydrogens (tertiary/aromatic N) is 4. The van der Waals surface area contributed by atoms with E-state index in [2.05, 4.69) is 10.1 Å². The average molecular weight is 374 g/mol. The van der Waals surface area contributed by atoms with Crippen LogP contribution in [0.3, 0.4) is 0 Å². The van der Waals surface area contributed by atoms with Gasteiger partial charge in [-0.05, 0) is 6.07 Å².